The number of benzene rings is 11. The number of hydrogen-bond acceptors (Lipinski definition) is 3. The van der Waals surface area contributed by atoms with Gasteiger partial charge in [-0.15, -0.1) is 0 Å². The average molecular weight is 841 g/mol. The molecule has 1 heterocycles. The van der Waals surface area contributed by atoms with Crippen molar-refractivity contribution in [3.63, 3.8) is 0 Å². The Morgan fingerprint density at radius 2 is 0.848 bits per heavy atom. The number of para-hydroxylation sites is 5. The lowest BCUT2D eigenvalue weighted by Gasteiger charge is -2.33. The van der Waals surface area contributed by atoms with E-state index in [1.165, 1.54) is 60.7 Å². The third kappa shape index (κ3) is 5.14. The van der Waals surface area contributed by atoms with Crippen LogP contribution in [0.3, 0.4) is 0 Å². The summed E-state index contributed by atoms with van der Waals surface area (Å²) in [5.74, 6) is 0. The quantitative estimate of drug-likeness (QED) is 0.166. The molecule has 308 valence electrons. The molecular formula is C63H40N2O. The molecule has 11 aromatic carbocycles. The van der Waals surface area contributed by atoms with Crippen molar-refractivity contribution in [2.45, 2.75) is 5.41 Å². The van der Waals surface area contributed by atoms with Crippen molar-refractivity contribution in [3.8, 4) is 22.3 Å². The molecule has 0 atom stereocenters. The predicted octanol–water partition coefficient (Wildman–Crippen LogP) is 17.2. The first kappa shape index (κ1) is 36.8. The summed E-state index contributed by atoms with van der Waals surface area (Å²) in [5.41, 5.74) is 18.1. The van der Waals surface area contributed by atoms with Crippen LogP contribution in [0.15, 0.2) is 247 Å². The zero-order chi connectivity index (χ0) is 43.3. The molecule has 0 N–H and O–H groups in total. The Labute approximate surface area is 382 Å². The van der Waals surface area contributed by atoms with Gasteiger partial charge in [0.1, 0.15) is 11.2 Å². The Balaban J connectivity index is 1.14. The maximum atomic E-state index is 6.71. The first-order chi connectivity index (χ1) is 32.8. The number of fused-ring (bicyclic) bond motifs is 17. The maximum absolute atomic E-state index is 6.71. The van der Waals surface area contributed by atoms with Gasteiger partial charge in [0.25, 0.3) is 0 Å². The van der Waals surface area contributed by atoms with E-state index in [2.05, 4.69) is 252 Å². The summed E-state index contributed by atoms with van der Waals surface area (Å²) in [6.45, 7) is 0. The Hall–Kier alpha value is -8.66. The third-order valence-electron chi connectivity index (χ3n) is 14.2. The fourth-order valence-electron chi connectivity index (χ4n) is 11.6. The van der Waals surface area contributed by atoms with Crippen LogP contribution >= 0.6 is 0 Å². The topological polar surface area (TPSA) is 19.6 Å². The van der Waals surface area contributed by atoms with Crippen LogP contribution in [-0.4, -0.2) is 0 Å². The standard InChI is InChI=1S/C63H40N2O/c1-5-19-42(20-6-1)64(43-21-7-2-8-22-43)46-34-36-47-41(37-46)33-35-51-61-54-38-53-50-29-15-18-32-59(50)66-60(53)39-52(54)58(65(44-23-9-3-10-24-44)45-25-11-4-12-26-45)40-57(61)63(62(47)51)55-30-16-13-27-48(55)49-28-14-17-31-56(49)63/h1-40H. The van der Waals surface area contributed by atoms with Gasteiger partial charge < -0.3 is 14.2 Å². The molecule has 3 nitrogen and oxygen atoms in total. The molecule has 1 aromatic heterocycles. The largest absolute Gasteiger partial charge is 0.456 e. The van der Waals surface area contributed by atoms with E-state index in [9.17, 15) is 0 Å². The van der Waals surface area contributed by atoms with Crippen LogP contribution in [-0.2, 0) is 5.41 Å². The second kappa shape index (κ2) is 14.2. The number of furan rings is 1. The molecule has 0 amide bonds. The summed E-state index contributed by atoms with van der Waals surface area (Å²) in [7, 11) is 0. The number of rotatable bonds is 6. The molecule has 14 rings (SSSR count). The molecule has 3 heteroatoms. The lowest BCUT2D eigenvalue weighted by Crippen LogP contribution is -2.26. The van der Waals surface area contributed by atoms with Gasteiger partial charge in [-0.3, -0.25) is 0 Å². The molecule has 0 fully saturated rings. The zero-order valence-electron chi connectivity index (χ0n) is 35.9. The normalized spacial score (nSPS) is 13.0. The SMILES string of the molecule is c1ccc(N(c2ccccc2)c2ccc3c4c(ccc3c2)-c2c(cc(N(c3ccccc3)c3ccccc3)c3cc5oc6ccccc6c5cc23)C42c3ccccc3-c3ccccc32)cc1. The van der Waals surface area contributed by atoms with Crippen molar-refractivity contribution < 1.29 is 4.42 Å². The number of hydrogen-bond donors (Lipinski definition) is 0. The fourth-order valence-corrected chi connectivity index (χ4v) is 11.6. The van der Waals surface area contributed by atoms with Crippen LogP contribution in [0.2, 0.25) is 0 Å². The fraction of sp³-hybridized carbons (Fsp3) is 0.0159. The van der Waals surface area contributed by atoms with E-state index in [0.717, 1.165) is 61.4 Å². The minimum absolute atomic E-state index is 0.632. The predicted molar refractivity (Wildman–Crippen MR) is 274 cm³/mol. The van der Waals surface area contributed by atoms with Crippen molar-refractivity contribution in [1.82, 2.24) is 0 Å². The highest BCUT2D eigenvalue weighted by Crippen LogP contribution is 2.66. The van der Waals surface area contributed by atoms with Crippen molar-refractivity contribution in [2.75, 3.05) is 9.80 Å². The molecular weight excluding hydrogens is 801 g/mol. The molecule has 0 unspecified atom stereocenters. The van der Waals surface area contributed by atoms with Crippen LogP contribution in [0.4, 0.5) is 34.1 Å². The highest BCUT2D eigenvalue weighted by Gasteiger charge is 2.53. The summed E-state index contributed by atoms with van der Waals surface area (Å²) in [6.07, 6.45) is 0. The van der Waals surface area contributed by atoms with Gasteiger partial charge in [0.15, 0.2) is 0 Å². The van der Waals surface area contributed by atoms with Crippen LogP contribution in [0, 0.1) is 0 Å². The van der Waals surface area contributed by atoms with Gasteiger partial charge in [-0.05, 0) is 146 Å². The van der Waals surface area contributed by atoms with Crippen molar-refractivity contribution >= 4 is 77.6 Å². The summed E-state index contributed by atoms with van der Waals surface area (Å²) >= 11 is 0. The zero-order valence-corrected chi connectivity index (χ0v) is 35.9. The minimum Gasteiger partial charge on any atom is -0.456 e. The first-order valence-electron chi connectivity index (χ1n) is 22.8. The van der Waals surface area contributed by atoms with Crippen LogP contribution in [0.1, 0.15) is 22.3 Å². The van der Waals surface area contributed by atoms with Gasteiger partial charge in [0.05, 0.1) is 11.1 Å². The van der Waals surface area contributed by atoms with Gasteiger partial charge in [0.2, 0.25) is 0 Å². The molecule has 12 aromatic rings. The average Bonchev–Trinajstić information content (AvgIpc) is 4.01. The smallest absolute Gasteiger partial charge is 0.136 e. The van der Waals surface area contributed by atoms with E-state index in [1.54, 1.807) is 0 Å². The van der Waals surface area contributed by atoms with Gasteiger partial charge in [-0.25, -0.2) is 0 Å². The van der Waals surface area contributed by atoms with E-state index >= 15 is 0 Å². The van der Waals surface area contributed by atoms with Crippen molar-refractivity contribution in [2.24, 2.45) is 0 Å². The number of anilines is 6. The molecule has 0 bridgehead atoms. The first-order valence-corrected chi connectivity index (χ1v) is 22.8. The summed E-state index contributed by atoms with van der Waals surface area (Å²) in [6, 6.07) is 88.8. The van der Waals surface area contributed by atoms with E-state index in [4.69, 9.17) is 4.42 Å². The molecule has 0 radical (unpaired) electrons. The Bertz CT molecular complexity index is 3750. The van der Waals surface area contributed by atoms with Crippen molar-refractivity contribution in [3.05, 3.63) is 265 Å². The Morgan fingerprint density at radius 1 is 0.303 bits per heavy atom. The van der Waals surface area contributed by atoms with Crippen LogP contribution < -0.4 is 9.80 Å². The third-order valence-corrected chi connectivity index (χ3v) is 14.2. The van der Waals surface area contributed by atoms with Crippen LogP contribution in [0.5, 0.6) is 0 Å². The van der Waals surface area contributed by atoms with Crippen LogP contribution in [0.25, 0.3) is 65.7 Å². The molecule has 0 saturated heterocycles. The highest BCUT2D eigenvalue weighted by molar-refractivity contribution is 6.20. The molecule has 66 heavy (non-hydrogen) atoms. The second-order valence-electron chi connectivity index (χ2n) is 17.6. The molecule has 0 saturated carbocycles. The van der Waals surface area contributed by atoms with E-state index in [-0.39, 0.29) is 0 Å². The minimum atomic E-state index is -0.632. The van der Waals surface area contributed by atoms with E-state index in [1.807, 2.05) is 0 Å². The van der Waals surface area contributed by atoms with Gasteiger partial charge in [0, 0.05) is 44.6 Å². The number of nitrogens with zero attached hydrogens (tertiary/aromatic N) is 2. The van der Waals surface area contributed by atoms with Gasteiger partial charge >= 0.3 is 0 Å². The molecule has 0 aliphatic heterocycles. The lowest BCUT2D eigenvalue weighted by molar-refractivity contribution is 0.669. The molecule has 1 spiro atoms. The van der Waals surface area contributed by atoms with E-state index < -0.39 is 5.41 Å². The second-order valence-corrected chi connectivity index (χ2v) is 17.6. The van der Waals surface area contributed by atoms with Gasteiger partial charge in [-0.1, -0.05) is 158 Å². The van der Waals surface area contributed by atoms with Crippen molar-refractivity contribution in [1.29, 1.82) is 0 Å². The Kier molecular flexibility index (Phi) is 7.90. The maximum Gasteiger partial charge on any atom is 0.136 e. The highest BCUT2D eigenvalue weighted by atomic mass is 16.3. The summed E-state index contributed by atoms with van der Waals surface area (Å²) < 4.78 is 6.71. The monoisotopic (exact) mass is 840 g/mol. The Morgan fingerprint density at radius 3 is 1.47 bits per heavy atom. The lowest BCUT2D eigenvalue weighted by atomic mass is 9.69. The molecule has 2 aliphatic carbocycles. The summed E-state index contributed by atoms with van der Waals surface area (Å²) in [5, 5.41) is 7.01. The van der Waals surface area contributed by atoms with E-state index in [0.29, 0.717) is 0 Å². The molecule has 2 aliphatic rings. The summed E-state index contributed by atoms with van der Waals surface area (Å²) in [4.78, 5) is 4.80. The van der Waals surface area contributed by atoms with Gasteiger partial charge in [-0.2, -0.15) is 0 Å².